The molecule has 1 amide bonds. The van der Waals surface area contributed by atoms with Gasteiger partial charge in [-0.25, -0.2) is 4.79 Å². The molecule has 1 aliphatic heterocycles. The van der Waals surface area contributed by atoms with Gasteiger partial charge in [0, 0.05) is 17.8 Å². The van der Waals surface area contributed by atoms with Crippen LogP contribution < -0.4 is 10.6 Å². The Bertz CT molecular complexity index is 455. The van der Waals surface area contributed by atoms with Crippen LogP contribution >= 0.6 is 12.4 Å². The highest BCUT2D eigenvalue weighted by Gasteiger charge is 2.29. The van der Waals surface area contributed by atoms with Gasteiger partial charge in [-0.05, 0) is 39.3 Å². The molecular weight excluding hydrogens is 252 g/mol. The van der Waals surface area contributed by atoms with Gasteiger partial charge in [0.15, 0.2) is 0 Å². The molecule has 0 aliphatic carbocycles. The monoisotopic (exact) mass is 270 g/mol. The first-order valence-electron chi connectivity index (χ1n) is 5.76. The second-order valence-electron chi connectivity index (χ2n) is 5.23. The van der Waals surface area contributed by atoms with E-state index in [1.165, 1.54) is 0 Å². The zero-order valence-corrected chi connectivity index (χ0v) is 11.7. The van der Waals surface area contributed by atoms with Crippen LogP contribution in [0.5, 0.6) is 0 Å². The first-order chi connectivity index (χ1) is 7.88. The molecule has 2 rings (SSSR count). The number of carbonyl (C=O) groups excluding carboxylic acids is 1. The lowest BCUT2D eigenvalue weighted by atomic mass is 10.1. The van der Waals surface area contributed by atoms with E-state index >= 15 is 0 Å². The summed E-state index contributed by atoms with van der Waals surface area (Å²) in [5.41, 5.74) is 8.07. The van der Waals surface area contributed by atoms with Gasteiger partial charge in [0.1, 0.15) is 5.60 Å². The predicted molar refractivity (Wildman–Crippen MR) is 75.4 cm³/mol. The number of nitrogens with zero attached hydrogens (tertiary/aromatic N) is 1. The standard InChI is InChI=1S/C13H18N2O2.ClH/c1-13(2,3)17-12(16)15-8-7-9-10(14)5-4-6-11(9)15;/h4-6H,7-8,14H2,1-3H3;1H. The number of rotatable bonds is 0. The predicted octanol–water partition coefficient (Wildman–Crippen LogP) is 2.99. The molecule has 1 heterocycles. The van der Waals surface area contributed by atoms with E-state index < -0.39 is 5.60 Å². The number of halogens is 1. The fourth-order valence-electron chi connectivity index (χ4n) is 1.97. The summed E-state index contributed by atoms with van der Waals surface area (Å²) in [6.45, 7) is 6.22. The largest absolute Gasteiger partial charge is 0.443 e. The average molecular weight is 271 g/mol. The number of nitrogens with two attached hydrogens (primary N) is 1. The quantitative estimate of drug-likeness (QED) is 0.738. The fourth-order valence-corrected chi connectivity index (χ4v) is 1.97. The molecule has 0 aromatic heterocycles. The summed E-state index contributed by atoms with van der Waals surface area (Å²) >= 11 is 0. The van der Waals surface area contributed by atoms with E-state index in [4.69, 9.17) is 10.5 Å². The Morgan fingerprint density at radius 2 is 2.06 bits per heavy atom. The van der Waals surface area contributed by atoms with Crippen molar-refractivity contribution < 1.29 is 9.53 Å². The minimum atomic E-state index is -0.472. The van der Waals surface area contributed by atoms with Crippen LogP contribution in [0.3, 0.4) is 0 Å². The molecule has 5 heteroatoms. The van der Waals surface area contributed by atoms with Gasteiger partial charge in [-0.1, -0.05) is 6.07 Å². The van der Waals surface area contributed by atoms with Crippen molar-refractivity contribution in [3.8, 4) is 0 Å². The van der Waals surface area contributed by atoms with Gasteiger partial charge < -0.3 is 10.5 Å². The number of nitrogen functional groups attached to an aromatic ring is 1. The van der Waals surface area contributed by atoms with Crippen LogP contribution in [0, 0.1) is 0 Å². The highest BCUT2D eigenvalue weighted by molar-refractivity contribution is 5.92. The van der Waals surface area contributed by atoms with Crippen LogP contribution in [-0.4, -0.2) is 18.2 Å². The smallest absolute Gasteiger partial charge is 0.414 e. The van der Waals surface area contributed by atoms with Crippen LogP contribution in [-0.2, 0) is 11.2 Å². The Kier molecular flexibility index (Phi) is 4.12. The molecule has 0 spiro atoms. The second-order valence-corrected chi connectivity index (χ2v) is 5.23. The Morgan fingerprint density at radius 3 is 2.67 bits per heavy atom. The summed E-state index contributed by atoms with van der Waals surface area (Å²) in [6.07, 6.45) is 0.489. The summed E-state index contributed by atoms with van der Waals surface area (Å²) in [4.78, 5) is 13.6. The lowest BCUT2D eigenvalue weighted by Gasteiger charge is -2.24. The Labute approximate surface area is 114 Å². The Morgan fingerprint density at radius 1 is 1.39 bits per heavy atom. The summed E-state index contributed by atoms with van der Waals surface area (Å²) in [6, 6.07) is 5.62. The molecule has 1 aromatic rings. The fraction of sp³-hybridized carbons (Fsp3) is 0.462. The Balaban J connectivity index is 0.00000162. The first-order valence-corrected chi connectivity index (χ1v) is 5.76. The molecule has 0 atom stereocenters. The van der Waals surface area contributed by atoms with E-state index in [-0.39, 0.29) is 18.5 Å². The normalized spacial score (nSPS) is 13.8. The van der Waals surface area contributed by atoms with Crippen molar-refractivity contribution in [1.29, 1.82) is 0 Å². The van der Waals surface area contributed by atoms with Gasteiger partial charge in [-0.15, -0.1) is 12.4 Å². The van der Waals surface area contributed by atoms with Gasteiger partial charge in [0.25, 0.3) is 0 Å². The minimum absolute atomic E-state index is 0. The molecule has 100 valence electrons. The van der Waals surface area contributed by atoms with Crippen molar-refractivity contribution >= 4 is 29.9 Å². The van der Waals surface area contributed by atoms with Gasteiger partial charge in [-0.3, -0.25) is 4.90 Å². The Hall–Kier alpha value is -1.42. The third-order valence-electron chi connectivity index (χ3n) is 2.68. The van der Waals surface area contributed by atoms with Gasteiger partial charge >= 0.3 is 6.09 Å². The highest BCUT2D eigenvalue weighted by atomic mass is 35.5. The van der Waals surface area contributed by atoms with Gasteiger partial charge in [0.05, 0.1) is 5.69 Å². The van der Waals surface area contributed by atoms with Gasteiger partial charge in [-0.2, -0.15) is 0 Å². The molecule has 0 radical (unpaired) electrons. The number of benzene rings is 1. The zero-order valence-electron chi connectivity index (χ0n) is 10.9. The molecular formula is C13H19ClN2O2. The van der Waals surface area contributed by atoms with Crippen LogP contribution in [0.1, 0.15) is 26.3 Å². The molecule has 0 saturated carbocycles. The molecule has 2 N–H and O–H groups in total. The molecule has 18 heavy (non-hydrogen) atoms. The maximum atomic E-state index is 12.0. The molecule has 0 unspecified atom stereocenters. The summed E-state index contributed by atoms with van der Waals surface area (Å²) in [5.74, 6) is 0. The number of fused-ring (bicyclic) bond motifs is 1. The van der Waals surface area contributed by atoms with Crippen molar-refractivity contribution in [2.75, 3.05) is 17.2 Å². The van der Waals surface area contributed by atoms with Crippen LogP contribution in [0.25, 0.3) is 0 Å². The van der Waals surface area contributed by atoms with Crippen LogP contribution in [0.2, 0.25) is 0 Å². The van der Waals surface area contributed by atoms with E-state index in [1.54, 1.807) is 4.90 Å². The number of carbonyl (C=O) groups is 1. The molecule has 1 aliphatic rings. The van der Waals surface area contributed by atoms with Crippen molar-refractivity contribution in [1.82, 2.24) is 0 Å². The van der Waals surface area contributed by atoms with Crippen molar-refractivity contribution in [3.63, 3.8) is 0 Å². The van der Waals surface area contributed by atoms with Gasteiger partial charge in [0.2, 0.25) is 0 Å². The number of hydrogen-bond donors (Lipinski definition) is 1. The first kappa shape index (κ1) is 14.6. The maximum absolute atomic E-state index is 12.0. The molecule has 0 saturated heterocycles. The molecule has 1 aromatic carbocycles. The minimum Gasteiger partial charge on any atom is -0.443 e. The third kappa shape index (κ3) is 2.88. The lowest BCUT2D eigenvalue weighted by molar-refractivity contribution is 0.0584. The number of hydrogen-bond acceptors (Lipinski definition) is 3. The van der Waals surface area contributed by atoms with E-state index in [2.05, 4.69) is 0 Å². The molecule has 0 bridgehead atoms. The van der Waals surface area contributed by atoms with E-state index in [1.807, 2.05) is 39.0 Å². The average Bonchev–Trinajstić information content (AvgIpc) is 2.60. The highest BCUT2D eigenvalue weighted by Crippen LogP contribution is 2.32. The SMILES string of the molecule is CC(C)(C)OC(=O)N1CCc2c(N)cccc21.Cl. The summed E-state index contributed by atoms with van der Waals surface area (Å²) in [5, 5.41) is 0. The van der Waals surface area contributed by atoms with Crippen LogP contribution in [0.4, 0.5) is 16.2 Å². The maximum Gasteiger partial charge on any atom is 0.414 e. The van der Waals surface area contributed by atoms with Crippen molar-refractivity contribution in [2.45, 2.75) is 32.8 Å². The number of amides is 1. The summed E-state index contributed by atoms with van der Waals surface area (Å²) < 4.78 is 5.36. The number of anilines is 2. The lowest BCUT2D eigenvalue weighted by Crippen LogP contribution is -2.35. The third-order valence-corrected chi connectivity index (χ3v) is 2.68. The summed E-state index contributed by atoms with van der Waals surface area (Å²) in [7, 11) is 0. The van der Waals surface area contributed by atoms with Crippen molar-refractivity contribution in [3.05, 3.63) is 23.8 Å². The zero-order chi connectivity index (χ0) is 12.6. The molecule has 0 fully saturated rings. The second kappa shape index (κ2) is 5.06. The topological polar surface area (TPSA) is 55.6 Å². The molecule has 4 nitrogen and oxygen atoms in total. The van der Waals surface area contributed by atoms with E-state index in [9.17, 15) is 4.79 Å². The van der Waals surface area contributed by atoms with Crippen LogP contribution in [0.15, 0.2) is 18.2 Å². The van der Waals surface area contributed by atoms with Crippen molar-refractivity contribution in [2.24, 2.45) is 0 Å². The van der Waals surface area contributed by atoms with E-state index in [0.717, 1.165) is 23.4 Å². The van der Waals surface area contributed by atoms with E-state index in [0.29, 0.717) is 6.54 Å². The number of ether oxygens (including phenoxy) is 1.